The van der Waals surface area contributed by atoms with E-state index in [1.807, 2.05) is 10.9 Å². The SMILES string of the molecule is CN(Cc1cc(Br)cs1)Cn1cc(Br)cn1. The topological polar surface area (TPSA) is 21.1 Å². The molecule has 16 heavy (non-hydrogen) atoms. The summed E-state index contributed by atoms with van der Waals surface area (Å²) in [4.78, 5) is 3.57. The van der Waals surface area contributed by atoms with Crippen molar-refractivity contribution in [2.45, 2.75) is 13.2 Å². The molecule has 0 aromatic carbocycles. The zero-order valence-electron chi connectivity index (χ0n) is 8.73. The largest absolute Gasteiger partial charge is 0.282 e. The summed E-state index contributed by atoms with van der Waals surface area (Å²) in [5.41, 5.74) is 0. The maximum absolute atomic E-state index is 4.22. The van der Waals surface area contributed by atoms with E-state index in [9.17, 15) is 0 Å². The highest BCUT2D eigenvalue weighted by Gasteiger charge is 2.04. The molecule has 0 amide bonds. The second-order valence-electron chi connectivity index (χ2n) is 3.58. The summed E-state index contributed by atoms with van der Waals surface area (Å²) in [6, 6.07) is 2.15. The van der Waals surface area contributed by atoms with Gasteiger partial charge in [-0.05, 0) is 45.0 Å². The molecule has 0 aliphatic carbocycles. The van der Waals surface area contributed by atoms with Crippen LogP contribution in [0.4, 0.5) is 0 Å². The molecule has 0 fully saturated rings. The van der Waals surface area contributed by atoms with Crippen molar-refractivity contribution in [1.82, 2.24) is 14.7 Å². The fourth-order valence-corrected chi connectivity index (χ4v) is 3.27. The summed E-state index contributed by atoms with van der Waals surface area (Å²) in [5.74, 6) is 0. The molecule has 0 N–H and O–H groups in total. The molecule has 0 radical (unpaired) electrons. The highest BCUT2D eigenvalue weighted by Crippen LogP contribution is 2.20. The van der Waals surface area contributed by atoms with Crippen molar-refractivity contribution in [3.63, 3.8) is 0 Å². The molecule has 0 aliphatic rings. The van der Waals surface area contributed by atoms with Crippen LogP contribution in [0.5, 0.6) is 0 Å². The monoisotopic (exact) mass is 363 g/mol. The predicted molar refractivity (Wildman–Crippen MR) is 73.4 cm³/mol. The summed E-state index contributed by atoms with van der Waals surface area (Å²) >= 11 is 8.61. The average Bonchev–Trinajstić information content (AvgIpc) is 2.76. The third-order valence-electron chi connectivity index (χ3n) is 2.04. The van der Waals surface area contributed by atoms with Crippen molar-refractivity contribution in [1.29, 1.82) is 0 Å². The Kier molecular flexibility index (Phi) is 4.18. The Morgan fingerprint density at radius 3 is 2.81 bits per heavy atom. The molecule has 2 rings (SSSR count). The van der Waals surface area contributed by atoms with Crippen LogP contribution >= 0.6 is 43.2 Å². The van der Waals surface area contributed by atoms with Gasteiger partial charge in [0.2, 0.25) is 0 Å². The number of hydrogen-bond acceptors (Lipinski definition) is 3. The average molecular weight is 365 g/mol. The van der Waals surface area contributed by atoms with Gasteiger partial charge >= 0.3 is 0 Å². The lowest BCUT2D eigenvalue weighted by Crippen LogP contribution is -2.21. The van der Waals surface area contributed by atoms with Gasteiger partial charge < -0.3 is 0 Å². The number of nitrogens with zero attached hydrogens (tertiary/aromatic N) is 3. The highest BCUT2D eigenvalue weighted by molar-refractivity contribution is 9.10. The second kappa shape index (κ2) is 5.44. The molecule has 2 aromatic rings. The lowest BCUT2D eigenvalue weighted by atomic mass is 10.4. The summed E-state index contributed by atoms with van der Waals surface area (Å²) in [5, 5.41) is 6.33. The first-order chi connectivity index (χ1) is 7.63. The van der Waals surface area contributed by atoms with Crippen LogP contribution in [-0.2, 0) is 13.2 Å². The van der Waals surface area contributed by atoms with Gasteiger partial charge in [-0.2, -0.15) is 5.10 Å². The van der Waals surface area contributed by atoms with E-state index in [1.54, 1.807) is 17.5 Å². The van der Waals surface area contributed by atoms with E-state index in [2.05, 4.69) is 60.4 Å². The Morgan fingerprint density at radius 1 is 1.44 bits per heavy atom. The van der Waals surface area contributed by atoms with E-state index in [1.165, 1.54) is 4.88 Å². The molecule has 86 valence electrons. The van der Waals surface area contributed by atoms with Crippen LogP contribution in [0.2, 0.25) is 0 Å². The van der Waals surface area contributed by atoms with Crippen LogP contribution in [0, 0.1) is 0 Å². The summed E-state index contributed by atoms with van der Waals surface area (Å²) < 4.78 is 4.08. The lowest BCUT2D eigenvalue weighted by Gasteiger charge is -2.15. The zero-order chi connectivity index (χ0) is 11.5. The minimum Gasteiger partial charge on any atom is -0.282 e. The molecule has 0 unspecified atom stereocenters. The summed E-state index contributed by atoms with van der Waals surface area (Å²) in [6.45, 7) is 1.73. The van der Waals surface area contributed by atoms with Crippen LogP contribution < -0.4 is 0 Å². The lowest BCUT2D eigenvalue weighted by molar-refractivity contribution is 0.248. The van der Waals surface area contributed by atoms with E-state index in [0.29, 0.717) is 0 Å². The van der Waals surface area contributed by atoms with E-state index >= 15 is 0 Å². The van der Waals surface area contributed by atoms with Crippen molar-refractivity contribution in [2.75, 3.05) is 7.05 Å². The van der Waals surface area contributed by atoms with Crippen molar-refractivity contribution < 1.29 is 0 Å². The molecule has 0 spiro atoms. The van der Waals surface area contributed by atoms with E-state index in [4.69, 9.17) is 0 Å². The van der Waals surface area contributed by atoms with Crippen molar-refractivity contribution in [3.05, 3.63) is 37.7 Å². The van der Waals surface area contributed by atoms with Gasteiger partial charge in [0.25, 0.3) is 0 Å². The quantitative estimate of drug-likeness (QED) is 0.827. The molecule has 2 aromatic heterocycles. The fraction of sp³-hybridized carbons (Fsp3) is 0.300. The standard InChI is InChI=1S/C10H11Br2N3S/c1-14(5-10-2-8(11)6-16-10)7-15-4-9(12)3-13-15/h2-4,6H,5,7H2,1H3. The maximum Gasteiger partial charge on any atom is 0.0929 e. The van der Waals surface area contributed by atoms with Gasteiger partial charge in [-0.3, -0.25) is 9.58 Å². The van der Waals surface area contributed by atoms with Crippen LogP contribution in [0.25, 0.3) is 0 Å². The Hall–Kier alpha value is -0.170. The summed E-state index contributed by atoms with van der Waals surface area (Å²) in [6.07, 6.45) is 3.77. The van der Waals surface area contributed by atoms with E-state index < -0.39 is 0 Å². The molecular weight excluding hydrogens is 354 g/mol. The summed E-state index contributed by atoms with van der Waals surface area (Å²) in [7, 11) is 2.09. The van der Waals surface area contributed by atoms with Gasteiger partial charge in [0.15, 0.2) is 0 Å². The van der Waals surface area contributed by atoms with Crippen LogP contribution in [-0.4, -0.2) is 21.7 Å². The third kappa shape index (κ3) is 3.41. The van der Waals surface area contributed by atoms with Crippen molar-refractivity contribution in [3.8, 4) is 0 Å². The molecule has 0 bridgehead atoms. The number of rotatable bonds is 4. The molecule has 0 atom stereocenters. The number of aromatic nitrogens is 2. The maximum atomic E-state index is 4.22. The predicted octanol–water partition coefficient (Wildman–Crippen LogP) is 3.56. The molecular formula is C10H11Br2N3S. The van der Waals surface area contributed by atoms with Gasteiger partial charge in [-0.15, -0.1) is 11.3 Å². The molecule has 2 heterocycles. The van der Waals surface area contributed by atoms with Crippen molar-refractivity contribution >= 4 is 43.2 Å². The first-order valence-corrected chi connectivity index (χ1v) is 7.19. The normalized spacial score (nSPS) is 11.2. The minimum atomic E-state index is 0.793. The van der Waals surface area contributed by atoms with Crippen molar-refractivity contribution in [2.24, 2.45) is 0 Å². The zero-order valence-corrected chi connectivity index (χ0v) is 12.7. The molecule has 6 heteroatoms. The second-order valence-corrected chi connectivity index (χ2v) is 6.41. The number of halogens is 2. The van der Waals surface area contributed by atoms with Gasteiger partial charge in [-0.1, -0.05) is 0 Å². The van der Waals surface area contributed by atoms with Gasteiger partial charge in [0.1, 0.15) is 0 Å². The van der Waals surface area contributed by atoms with E-state index in [-0.39, 0.29) is 0 Å². The first-order valence-electron chi connectivity index (χ1n) is 4.73. The smallest absolute Gasteiger partial charge is 0.0929 e. The minimum absolute atomic E-state index is 0.793. The Morgan fingerprint density at radius 2 is 2.25 bits per heavy atom. The molecule has 0 aliphatic heterocycles. The Bertz CT molecular complexity index is 424. The fourth-order valence-electron chi connectivity index (χ4n) is 1.42. The molecule has 0 saturated carbocycles. The van der Waals surface area contributed by atoms with E-state index in [0.717, 1.165) is 22.2 Å². The molecule has 3 nitrogen and oxygen atoms in total. The number of hydrogen-bond donors (Lipinski definition) is 0. The Balaban J connectivity index is 1.91. The van der Waals surface area contributed by atoms with Crippen LogP contribution in [0.3, 0.4) is 0 Å². The van der Waals surface area contributed by atoms with Crippen LogP contribution in [0.15, 0.2) is 32.8 Å². The Labute approximate surface area is 115 Å². The number of thiophene rings is 1. The third-order valence-corrected chi connectivity index (χ3v) is 4.13. The van der Waals surface area contributed by atoms with Gasteiger partial charge in [0, 0.05) is 27.5 Å². The molecule has 0 saturated heterocycles. The van der Waals surface area contributed by atoms with Gasteiger partial charge in [0.05, 0.1) is 17.3 Å². The van der Waals surface area contributed by atoms with Gasteiger partial charge in [-0.25, -0.2) is 0 Å². The highest BCUT2D eigenvalue weighted by atomic mass is 79.9. The first kappa shape index (κ1) is 12.3. The van der Waals surface area contributed by atoms with Crippen LogP contribution in [0.1, 0.15) is 4.88 Å².